The van der Waals surface area contributed by atoms with Gasteiger partial charge in [-0.2, -0.15) is 0 Å². The summed E-state index contributed by atoms with van der Waals surface area (Å²) in [7, 11) is 0. The van der Waals surface area contributed by atoms with Crippen LogP contribution >= 0.6 is 23.1 Å². The van der Waals surface area contributed by atoms with Crippen molar-refractivity contribution in [1.82, 2.24) is 19.7 Å². The molecule has 7 heteroatoms. The summed E-state index contributed by atoms with van der Waals surface area (Å²) >= 11 is 3.20. The molecule has 1 aliphatic carbocycles. The monoisotopic (exact) mass is 392 g/mol. The summed E-state index contributed by atoms with van der Waals surface area (Å²) in [6.07, 6.45) is 6.07. The highest BCUT2D eigenvalue weighted by Gasteiger charge is 2.29. The Bertz CT molecular complexity index is 707. The highest BCUT2D eigenvalue weighted by Crippen LogP contribution is 2.31. The van der Waals surface area contributed by atoms with E-state index in [0.29, 0.717) is 6.04 Å². The molecule has 0 saturated heterocycles. The Balaban J connectivity index is 1.72. The van der Waals surface area contributed by atoms with Crippen molar-refractivity contribution in [2.24, 2.45) is 0 Å². The van der Waals surface area contributed by atoms with Gasteiger partial charge in [0.05, 0.1) is 10.1 Å². The number of thiophene rings is 1. The maximum Gasteiger partial charge on any atom is 0.236 e. The van der Waals surface area contributed by atoms with Gasteiger partial charge in [-0.25, -0.2) is 0 Å². The summed E-state index contributed by atoms with van der Waals surface area (Å²) in [5.74, 6) is 1.12. The maximum atomic E-state index is 13.1. The third-order valence-electron chi connectivity index (χ3n) is 5.04. The molecule has 2 aromatic rings. The number of amides is 1. The first-order valence-electron chi connectivity index (χ1n) is 9.59. The lowest BCUT2D eigenvalue weighted by atomic mass is 9.94. The third-order valence-corrected chi connectivity index (χ3v) is 6.98. The molecule has 1 fully saturated rings. The van der Waals surface area contributed by atoms with E-state index in [1.807, 2.05) is 18.4 Å². The van der Waals surface area contributed by atoms with Gasteiger partial charge >= 0.3 is 0 Å². The van der Waals surface area contributed by atoms with Crippen molar-refractivity contribution in [1.29, 1.82) is 0 Å². The van der Waals surface area contributed by atoms with Crippen LogP contribution in [0.3, 0.4) is 0 Å². The fourth-order valence-corrected chi connectivity index (χ4v) is 5.38. The highest BCUT2D eigenvalue weighted by atomic mass is 32.2. The molecule has 1 amide bonds. The minimum Gasteiger partial charge on any atom is -0.339 e. The average Bonchev–Trinajstić information content (AvgIpc) is 3.32. The van der Waals surface area contributed by atoms with Gasteiger partial charge < -0.3 is 9.47 Å². The smallest absolute Gasteiger partial charge is 0.236 e. The van der Waals surface area contributed by atoms with Gasteiger partial charge in [-0.1, -0.05) is 37.1 Å². The molecule has 5 nitrogen and oxygen atoms in total. The quantitative estimate of drug-likeness (QED) is 0.642. The second-order valence-corrected chi connectivity index (χ2v) is 8.96. The fourth-order valence-electron chi connectivity index (χ4n) is 3.68. The second-order valence-electron chi connectivity index (χ2n) is 6.70. The van der Waals surface area contributed by atoms with Crippen LogP contribution in [0.4, 0.5) is 0 Å². The minimum absolute atomic E-state index is 0.150. The lowest BCUT2D eigenvalue weighted by Gasteiger charge is -2.35. The van der Waals surface area contributed by atoms with Crippen molar-refractivity contribution in [2.45, 2.75) is 75.9 Å². The first-order valence-corrected chi connectivity index (χ1v) is 11.4. The van der Waals surface area contributed by atoms with Crippen LogP contribution in [-0.4, -0.2) is 43.4 Å². The van der Waals surface area contributed by atoms with Gasteiger partial charge in [-0.3, -0.25) is 4.79 Å². The molecular formula is C19H28N4OS2. The molecule has 0 spiro atoms. The summed E-state index contributed by atoms with van der Waals surface area (Å²) in [6.45, 7) is 7.77. The zero-order chi connectivity index (χ0) is 18.5. The Hall–Kier alpha value is -1.34. The van der Waals surface area contributed by atoms with E-state index in [-0.39, 0.29) is 11.2 Å². The topological polar surface area (TPSA) is 51.0 Å². The number of carbonyl (C=O) groups is 1. The lowest BCUT2D eigenvalue weighted by molar-refractivity contribution is -0.133. The Morgan fingerprint density at radius 3 is 2.73 bits per heavy atom. The zero-order valence-electron chi connectivity index (χ0n) is 15.9. The Labute approximate surface area is 164 Å². The molecule has 26 heavy (non-hydrogen) atoms. The second kappa shape index (κ2) is 9.04. The van der Waals surface area contributed by atoms with Crippen molar-refractivity contribution in [3.8, 4) is 10.7 Å². The van der Waals surface area contributed by atoms with Crippen LogP contribution in [0.1, 0.15) is 52.9 Å². The van der Waals surface area contributed by atoms with E-state index in [2.05, 4.69) is 39.6 Å². The zero-order valence-corrected chi connectivity index (χ0v) is 17.5. The van der Waals surface area contributed by atoms with Crippen molar-refractivity contribution in [2.75, 3.05) is 6.54 Å². The van der Waals surface area contributed by atoms with E-state index >= 15 is 0 Å². The van der Waals surface area contributed by atoms with Crippen LogP contribution in [0.5, 0.6) is 0 Å². The molecule has 0 aromatic carbocycles. The molecule has 1 unspecified atom stereocenters. The van der Waals surface area contributed by atoms with Gasteiger partial charge in [-0.05, 0) is 45.1 Å². The predicted octanol–water partition coefficient (Wildman–Crippen LogP) is 4.69. The average molecular weight is 393 g/mol. The number of thioether (sulfide) groups is 1. The van der Waals surface area contributed by atoms with Gasteiger partial charge in [0.15, 0.2) is 11.0 Å². The summed E-state index contributed by atoms with van der Waals surface area (Å²) in [5, 5.41) is 11.5. The van der Waals surface area contributed by atoms with E-state index in [1.165, 1.54) is 31.0 Å². The van der Waals surface area contributed by atoms with Crippen LogP contribution in [0.2, 0.25) is 0 Å². The van der Waals surface area contributed by atoms with Gasteiger partial charge in [0.1, 0.15) is 0 Å². The van der Waals surface area contributed by atoms with E-state index in [0.717, 1.165) is 41.8 Å². The molecule has 2 aromatic heterocycles. The van der Waals surface area contributed by atoms with Crippen molar-refractivity contribution in [3.05, 3.63) is 17.5 Å². The standard InChI is InChI=1S/C19H28N4OS2/c1-4-22(15-10-7-6-8-11-15)18(24)14(3)26-19-21-20-17(23(19)5-2)16-12-9-13-25-16/h9,12-15H,4-8,10-11H2,1-3H3. The van der Waals surface area contributed by atoms with Crippen LogP contribution in [0.25, 0.3) is 10.7 Å². The lowest BCUT2D eigenvalue weighted by Crippen LogP contribution is -2.44. The Kier molecular flexibility index (Phi) is 6.75. The van der Waals surface area contributed by atoms with Crippen molar-refractivity contribution < 1.29 is 4.79 Å². The van der Waals surface area contributed by atoms with E-state index in [1.54, 1.807) is 11.3 Å². The molecule has 2 heterocycles. The van der Waals surface area contributed by atoms with Gasteiger partial charge in [-0.15, -0.1) is 21.5 Å². The summed E-state index contributed by atoms with van der Waals surface area (Å²) in [5.41, 5.74) is 0. The van der Waals surface area contributed by atoms with Gasteiger partial charge in [0.2, 0.25) is 5.91 Å². The number of nitrogens with zero attached hydrogens (tertiary/aromatic N) is 4. The molecule has 1 atom stereocenters. The predicted molar refractivity (Wildman–Crippen MR) is 109 cm³/mol. The molecule has 0 aliphatic heterocycles. The Morgan fingerprint density at radius 1 is 1.35 bits per heavy atom. The largest absolute Gasteiger partial charge is 0.339 e. The van der Waals surface area contributed by atoms with Crippen molar-refractivity contribution in [3.63, 3.8) is 0 Å². The summed E-state index contributed by atoms with van der Waals surface area (Å²) < 4.78 is 2.11. The fraction of sp³-hybridized carbons (Fsp3) is 0.632. The molecule has 3 rings (SSSR count). The summed E-state index contributed by atoms with van der Waals surface area (Å²) in [4.78, 5) is 16.3. The number of hydrogen-bond acceptors (Lipinski definition) is 5. The van der Waals surface area contributed by atoms with Crippen molar-refractivity contribution >= 4 is 29.0 Å². The molecule has 0 radical (unpaired) electrons. The third kappa shape index (κ3) is 4.14. The van der Waals surface area contributed by atoms with E-state index < -0.39 is 0 Å². The van der Waals surface area contributed by atoms with Crippen LogP contribution in [0, 0.1) is 0 Å². The van der Waals surface area contributed by atoms with E-state index in [9.17, 15) is 4.79 Å². The van der Waals surface area contributed by atoms with E-state index in [4.69, 9.17) is 0 Å². The number of rotatable bonds is 7. The molecule has 0 N–H and O–H groups in total. The first kappa shape index (κ1) is 19.4. The first-order chi connectivity index (χ1) is 12.7. The number of carbonyl (C=O) groups excluding carboxylic acids is 1. The Morgan fingerprint density at radius 2 is 2.12 bits per heavy atom. The van der Waals surface area contributed by atoms with Crippen LogP contribution in [-0.2, 0) is 11.3 Å². The maximum absolute atomic E-state index is 13.1. The van der Waals surface area contributed by atoms with Gasteiger partial charge in [0, 0.05) is 19.1 Å². The van der Waals surface area contributed by atoms with Crippen LogP contribution < -0.4 is 0 Å². The minimum atomic E-state index is -0.150. The van der Waals surface area contributed by atoms with Crippen LogP contribution in [0.15, 0.2) is 22.7 Å². The normalized spacial score (nSPS) is 16.6. The molecular weight excluding hydrogens is 364 g/mol. The number of aromatic nitrogens is 3. The SMILES string of the molecule is CCN(C(=O)C(C)Sc1nnc(-c2cccs2)n1CC)C1CCCCC1. The van der Waals surface area contributed by atoms with Gasteiger partial charge in [0.25, 0.3) is 0 Å². The highest BCUT2D eigenvalue weighted by molar-refractivity contribution is 8.00. The number of hydrogen-bond donors (Lipinski definition) is 0. The summed E-state index contributed by atoms with van der Waals surface area (Å²) in [6, 6.07) is 4.50. The molecule has 142 valence electrons. The molecule has 1 saturated carbocycles. The molecule has 0 bridgehead atoms. The molecule has 1 aliphatic rings.